The van der Waals surface area contributed by atoms with Crippen LogP contribution in [0.25, 0.3) is 11.0 Å². The van der Waals surface area contributed by atoms with Gasteiger partial charge >= 0.3 is 12.1 Å². The van der Waals surface area contributed by atoms with Crippen molar-refractivity contribution < 1.29 is 41.4 Å². The minimum absolute atomic E-state index is 0.0827. The lowest BCUT2D eigenvalue weighted by atomic mass is 10.0. The Balaban J connectivity index is 1.30. The van der Waals surface area contributed by atoms with Crippen LogP contribution in [0.5, 0.6) is 0 Å². The van der Waals surface area contributed by atoms with Gasteiger partial charge in [-0.15, -0.1) is 10.8 Å². The van der Waals surface area contributed by atoms with Crippen molar-refractivity contribution in [3.63, 3.8) is 0 Å². The van der Waals surface area contributed by atoms with E-state index in [1.54, 1.807) is 78.9 Å². The highest BCUT2D eigenvalue weighted by molar-refractivity contribution is 8.23. The van der Waals surface area contributed by atoms with Gasteiger partial charge in [0.1, 0.15) is 11.1 Å². The standard InChI is InChI=1S/C30H27F3N4O6S/c31-30(32,33)28(40)43-29(16-20(29)18-6-2-1-3-7-18)27(39)36-23(26-34-21-8-4-5-9-22(21)35-26)14-17-10-12-19(13-11-17)24-15-25(38)37-44(24,41)42/h1-13,20,23-24,41-42H,14-16H2,(H,34,35)(H,36,39)(H,37,38)/t20-,23-,24?,29?/m0/s1. The molecule has 2 fully saturated rings. The monoisotopic (exact) mass is 628 g/mol. The molecule has 2 heterocycles. The van der Waals surface area contributed by atoms with Crippen molar-refractivity contribution in [1.29, 1.82) is 0 Å². The molecule has 4 atom stereocenters. The van der Waals surface area contributed by atoms with Crippen LogP contribution in [0.2, 0.25) is 0 Å². The zero-order valence-electron chi connectivity index (χ0n) is 22.9. The molecule has 0 bridgehead atoms. The van der Waals surface area contributed by atoms with E-state index in [1.165, 1.54) is 0 Å². The minimum atomic E-state index is -5.29. The molecule has 1 aliphatic heterocycles. The molecule has 2 amide bonds. The molecule has 230 valence electrons. The van der Waals surface area contributed by atoms with E-state index in [4.69, 9.17) is 4.74 Å². The van der Waals surface area contributed by atoms with Gasteiger partial charge in [-0.1, -0.05) is 66.7 Å². The molecule has 1 saturated carbocycles. The molecule has 0 radical (unpaired) electrons. The third-order valence-electron chi connectivity index (χ3n) is 7.87. The average molecular weight is 629 g/mol. The van der Waals surface area contributed by atoms with E-state index < -0.39 is 57.5 Å². The number of imidazole rings is 1. The van der Waals surface area contributed by atoms with E-state index in [9.17, 15) is 36.7 Å². The van der Waals surface area contributed by atoms with Crippen LogP contribution in [0, 0.1) is 0 Å². The lowest BCUT2D eigenvalue weighted by Gasteiger charge is -2.32. The number of nitrogens with one attached hydrogen (secondary N) is 3. The van der Waals surface area contributed by atoms with Crippen molar-refractivity contribution in [3.05, 3.63) is 101 Å². The van der Waals surface area contributed by atoms with E-state index in [2.05, 4.69) is 20.0 Å². The molecule has 1 aliphatic carbocycles. The van der Waals surface area contributed by atoms with E-state index in [-0.39, 0.29) is 19.3 Å². The lowest BCUT2D eigenvalue weighted by Crippen LogP contribution is -2.45. The van der Waals surface area contributed by atoms with Crippen molar-refractivity contribution in [2.24, 2.45) is 0 Å². The quantitative estimate of drug-likeness (QED) is 0.168. The second kappa shape index (κ2) is 10.9. The molecule has 44 heavy (non-hydrogen) atoms. The van der Waals surface area contributed by atoms with Gasteiger partial charge in [-0.3, -0.25) is 23.4 Å². The van der Waals surface area contributed by atoms with Crippen LogP contribution in [0.3, 0.4) is 0 Å². The van der Waals surface area contributed by atoms with Gasteiger partial charge < -0.3 is 15.0 Å². The molecule has 2 aliphatic rings. The van der Waals surface area contributed by atoms with Crippen LogP contribution in [0.15, 0.2) is 78.9 Å². The highest BCUT2D eigenvalue weighted by Gasteiger charge is 2.66. The van der Waals surface area contributed by atoms with Gasteiger partial charge in [0.2, 0.25) is 5.91 Å². The van der Waals surface area contributed by atoms with Crippen LogP contribution in [0.1, 0.15) is 52.6 Å². The van der Waals surface area contributed by atoms with Gasteiger partial charge in [-0.2, -0.15) is 13.2 Å². The Morgan fingerprint density at radius 1 is 1.02 bits per heavy atom. The fraction of sp³-hybridized carbons (Fsp3) is 0.267. The zero-order chi connectivity index (χ0) is 31.3. The molecule has 5 N–H and O–H groups in total. The summed E-state index contributed by atoms with van der Waals surface area (Å²) in [5.41, 5.74) is 0.959. The Labute approximate surface area is 250 Å². The smallest absolute Gasteiger partial charge is 0.442 e. The zero-order valence-corrected chi connectivity index (χ0v) is 23.7. The fourth-order valence-corrected chi connectivity index (χ4v) is 7.04. The largest absolute Gasteiger partial charge is 0.490 e. The van der Waals surface area contributed by atoms with Crippen molar-refractivity contribution >= 4 is 39.6 Å². The number of para-hydroxylation sites is 2. The van der Waals surface area contributed by atoms with Gasteiger partial charge in [0, 0.05) is 12.3 Å². The number of amides is 2. The van der Waals surface area contributed by atoms with Crippen LogP contribution in [-0.2, 0) is 25.5 Å². The van der Waals surface area contributed by atoms with E-state index >= 15 is 0 Å². The summed E-state index contributed by atoms with van der Waals surface area (Å²) >= 11 is 0. The first-order valence-electron chi connectivity index (χ1n) is 13.6. The summed E-state index contributed by atoms with van der Waals surface area (Å²) in [6, 6.07) is 21.3. The van der Waals surface area contributed by atoms with Crippen molar-refractivity contribution in [1.82, 2.24) is 20.0 Å². The number of aromatic amines is 1. The predicted molar refractivity (Wildman–Crippen MR) is 154 cm³/mol. The van der Waals surface area contributed by atoms with Gasteiger partial charge in [0.15, 0.2) is 5.60 Å². The highest BCUT2D eigenvalue weighted by atomic mass is 32.3. The molecule has 6 rings (SSSR count). The number of hydrogen-bond acceptors (Lipinski definition) is 7. The third kappa shape index (κ3) is 5.75. The number of benzene rings is 3. The first-order valence-corrected chi connectivity index (χ1v) is 15.2. The van der Waals surface area contributed by atoms with Crippen molar-refractivity contribution in [2.75, 3.05) is 0 Å². The molecule has 0 spiro atoms. The first kappa shape index (κ1) is 29.7. The summed E-state index contributed by atoms with van der Waals surface area (Å²) in [5, 5.41) is 1.97. The van der Waals surface area contributed by atoms with Gasteiger partial charge in [0.05, 0.1) is 23.5 Å². The number of carbonyl (C=O) groups is 3. The second-order valence-electron chi connectivity index (χ2n) is 10.9. The number of fused-ring (bicyclic) bond motifs is 1. The predicted octanol–water partition coefficient (Wildman–Crippen LogP) is 5.22. The van der Waals surface area contributed by atoms with Crippen molar-refractivity contribution in [3.8, 4) is 0 Å². The Bertz CT molecular complexity index is 1700. The summed E-state index contributed by atoms with van der Waals surface area (Å²) < 4.78 is 67.4. The van der Waals surface area contributed by atoms with Gasteiger partial charge in [0.25, 0.3) is 5.91 Å². The Hall–Kier alpha value is -4.40. The summed E-state index contributed by atoms with van der Waals surface area (Å²) in [4.78, 5) is 45.3. The summed E-state index contributed by atoms with van der Waals surface area (Å²) in [7, 11) is -3.35. The number of nitrogens with zero attached hydrogens (tertiary/aromatic N) is 1. The van der Waals surface area contributed by atoms with Crippen LogP contribution >= 0.6 is 10.8 Å². The number of carbonyl (C=O) groups excluding carboxylic acids is 3. The minimum Gasteiger partial charge on any atom is -0.442 e. The Morgan fingerprint density at radius 3 is 2.34 bits per heavy atom. The van der Waals surface area contributed by atoms with Crippen molar-refractivity contribution in [2.45, 2.75) is 48.2 Å². The highest BCUT2D eigenvalue weighted by Crippen LogP contribution is 2.57. The van der Waals surface area contributed by atoms with E-state index in [0.29, 0.717) is 33.5 Å². The third-order valence-corrected chi connectivity index (χ3v) is 9.63. The molecular formula is C30H27F3N4O6S. The number of halogens is 3. The molecule has 10 nitrogen and oxygen atoms in total. The molecule has 14 heteroatoms. The number of esters is 1. The van der Waals surface area contributed by atoms with Crippen LogP contribution in [-0.4, -0.2) is 48.6 Å². The molecule has 3 aromatic carbocycles. The number of rotatable bonds is 8. The Kier molecular flexibility index (Phi) is 7.38. The van der Waals surface area contributed by atoms with Gasteiger partial charge in [-0.25, -0.2) is 9.78 Å². The fourth-order valence-electron chi connectivity index (χ4n) is 5.56. The summed E-state index contributed by atoms with van der Waals surface area (Å²) in [6.07, 6.45) is -5.38. The maximum absolute atomic E-state index is 13.8. The number of aromatic nitrogens is 2. The number of alkyl halides is 3. The first-order chi connectivity index (χ1) is 20.9. The van der Waals surface area contributed by atoms with E-state index in [0.717, 1.165) is 0 Å². The SMILES string of the molecule is O=C1CC(c2ccc(C[C@H](NC(=O)C3(OC(=O)C(F)(F)F)C[C@H]3c3ccccc3)c3nc4ccccc4[nH]3)cc2)S(O)(O)N1. The topological polar surface area (TPSA) is 154 Å². The molecule has 2 unspecified atom stereocenters. The maximum atomic E-state index is 13.8. The van der Waals surface area contributed by atoms with Crippen LogP contribution in [0.4, 0.5) is 13.2 Å². The molecule has 1 aromatic heterocycles. The second-order valence-corrected chi connectivity index (χ2v) is 12.8. The summed E-state index contributed by atoms with van der Waals surface area (Å²) in [5.74, 6) is -4.27. The van der Waals surface area contributed by atoms with Crippen LogP contribution < -0.4 is 10.0 Å². The normalized spacial score (nSPS) is 23.9. The lowest BCUT2D eigenvalue weighted by molar-refractivity contribution is -0.207. The van der Waals surface area contributed by atoms with E-state index in [1.807, 2.05) is 0 Å². The number of hydrogen-bond donors (Lipinski definition) is 5. The maximum Gasteiger partial charge on any atom is 0.490 e. The Morgan fingerprint density at radius 2 is 1.70 bits per heavy atom. The average Bonchev–Trinajstić information content (AvgIpc) is 3.42. The number of ether oxygens (including phenoxy) is 1. The molecule has 1 saturated heterocycles. The molecular weight excluding hydrogens is 601 g/mol. The summed E-state index contributed by atoms with van der Waals surface area (Å²) in [6.45, 7) is 0. The molecule has 4 aromatic rings. The van der Waals surface area contributed by atoms with Gasteiger partial charge in [-0.05, 0) is 35.2 Å². The number of H-pyrrole nitrogens is 1.